The Kier molecular flexibility index (Phi) is 4.61. The molecular weight excluding hydrogens is 311 g/mol. The molecule has 0 aromatic heterocycles. The van der Waals surface area contributed by atoms with Crippen molar-refractivity contribution in [3.05, 3.63) is 35.6 Å². The average molecular weight is 329 g/mol. The molecule has 0 saturated carbocycles. The first kappa shape index (κ1) is 14.5. The fourth-order valence-electron chi connectivity index (χ4n) is 2.49. The highest BCUT2D eigenvalue weighted by Gasteiger charge is 2.41. The highest BCUT2D eigenvalue weighted by molar-refractivity contribution is 9.09. The van der Waals surface area contributed by atoms with Crippen molar-refractivity contribution in [2.45, 2.75) is 25.1 Å². The van der Waals surface area contributed by atoms with Crippen molar-refractivity contribution < 1.29 is 13.9 Å². The van der Waals surface area contributed by atoms with Crippen LogP contribution in [0.4, 0.5) is 4.39 Å². The first-order chi connectivity index (χ1) is 8.99. The fraction of sp³-hybridized carbons (Fsp3) is 0.533. The van der Waals surface area contributed by atoms with E-state index in [2.05, 4.69) is 29.8 Å². The number of carbonyl (C=O) groups is 1. The van der Waals surface area contributed by atoms with Gasteiger partial charge in [0.05, 0.1) is 12.5 Å². The van der Waals surface area contributed by atoms with Gasteiger partial charge >= 0.3 is 5.97 Å². The standard InChI is InChI=1S/C15H18BrFO2/c1-9(2)14(16)13-8-19-15(18)12(13)7-10-3-5-11(17)6-4-10/h3-6,9,12-14H,7-8H2,1-2H3/t12-,13-,14-/m1/s1. The summed E-state index contributed by atoms with van der Waals surface area (Å²) in [6.07, 6.45) is 0.610. The molecule has 0 N–H and O–H groups in total. The molecule has 1 saturated heterocycles. The monoisotopic (exact) mass is 328 g/mol. The molecule has 2 rings (SSSR count). The van der Waals surface area contributed by atoms with E-state index in [4.69, 9.17) is 4.74 Å². The summed E-state index contributed by atoms with van der Waals surface area (Å²) in [5.74, 6) is 0.0827. The number of benzene rings is 1. The van der Waals surface area contributed by atoms with Crippen LogP contribution >= 0.6 is 15.9 Å². The summed E-state index contributed by atoms with van der Waals surface area (Å²) in [6, 6.07) is 6.32. The third kappa shape index (κ3) is 3.35. The molecular formula is C15H18BrFO2. The number of carbonyl (C=O) groups excluding carboxylic acids is 1. The number of ether oxygens (including phenoxy) is 1. The summed E-state index contributed by atoms with van der Waals surface area (Å²) >= 11 is 3.67. The van der Waals surface area contributed by atoms with Gasteiger partial charge in [-0.05, 0) is 30.0 Å². The summed E-state index contributed by atoms with van der Waals surface area (Å²) in [6.45, 7) is 4.72. The molecule has 1 fully saturated rings. The Hall–Kier alpha value is -0.900. The van der Waals surface area contributed by atoms with Crippen molar-refractivity contribution in [3.8, 4) is 0 Å². The minimum atomic E-state index is -0.255. The van der Waals surface area contributed by atoms with Gasteiger partial charge in [-0.3, -0.25) is 4.79 Å². The van der Waals surface area contributed by atoms with Crippen LogP contribution in [0.1, 0.15) is 19.4 Å². The van der Waals surface area contributed by atoms with E-state index in [1.165, 1.54) is 12.1 Å². The summed E-state index contributed by atoms with van der Waals surface area (Å²) < 4.78 is 18.1. The minimum absolute atomic E-state index is 0.139. The summed E-state index contributed by atoms with van der Waals surface area (Å²) in [5, 5.41) is 0. The molecule has 1 aliphatic rings. The molecule has 0 bridgehead atoms. The van der Waals surface area contributed by atoms with Crippen LogP contribution in [0.2, 0.25) is 0 Å². The van der Waals surface area contributed by atoms with Crippen molar-refractivity contribution in [3.63, 3.8) is 0 Å². The number of halogens is 2. The Bertz CT molecular complexity index is 444. The molecule has 1 aliphatic heterocycles. The zero-order valence-electron chi connectivity index (χ0n) is 11.1. The van der Waals surface area contributed by atoms with E-state index in [0.717, 1.165) is 5.56 Å². The first-order valence-electron chi connectivity index (χ1n) is 6.54. The number of cyclic esters (lactones) is 1. The molecule has 3 atom stereocenters. The van der Waals surface area contributed by atoms with E-state index in [-0.39, 0.29) is 28.4 Å². The second kappa shape index (κ2) is 6.04. The smallest absolute Gasteiger partial charge is 0.309 e. The first-order valence-corrected chi connectivity index (χ1v) is 7.45. The van der Waals surface area contributed by atoms with E-state index in [9.17, 15) is 9.18 Å². The van der Waals surface area contributed by atoms with Gasteiger partial charge in [-0.15, -0.1) is 0 Å². The maximum atomic E-state index is 12.9. The van der Waals surface area contributed by atoms with Crippen LogP contribution in [-0.4, -0.2) is 17.4 Å². The third-order valence-corrected chi connectivity index (χ3v) is 5.39. The molecule has 1 aromatic rings. The van der Waals surface area contributed by atoms with Crippen LogP contribution < -0.4 is 0 Å². The topological polar surface area (TPSA) is 26.3 Å². The van der Waals surface area contributed by atoms with E-state index in [1.807, 2.05) is 0 Å². The molecule has 0 amide bonds. The van der Waals surface area contributed by atoms with Crippen LogP contribution in [-0.2, 0) is 16.0 Å². The van der Waals surface area contributed by atoms with Gasteiger partial charge in [0.25, 0.3) is 0 Å². The maximum absolute atomic E-state index is 12.9. The predicted molar refractivity (Wildman–Crippen MR) is 75.6 cm³/mol. The summed E-state index contributed by atoms with van der Waals surface area (Å²) in [7, 11) is 0. The Morgan fingerprint density at radius 1 is 1.37 bits per heavy atom. The lowest BCUT2D eigenvalue weighted by atomic mass is 9.84. The van der Waals surface area contributed by atoms with Gasteiger partial charge < -0.3 is 4.74 Å². The number of esters is 1. The zero-order chi connectivity index (χ0) is 14.0. The Balaban J connectivity index is 2.11. The molecule has 0 radical (unpaired) electrons. The van der Waals surface area contributed by atoms with E-state index in [1.54, 1.807) is 12.1 Å². The van der Waals surface area contributed by atoms with Crippen LogP contribution in [0.25, 0.3) is 0 Å². The molecule has 2 nitrogen and oxygen atoms in total. The molecule has 1 heterocycles. The highest BCUT2D eigenvalue weighted by atomic mass is 79.9. The van der Waals surface area contributed by atoms with Gasteiger partial charge in [0.1, 0.15) is 5.82 Å². The number of rotatable bonds is 4. The van der Waals surface area contributed by atoms with E-state index < -0.39 is 0 Å². The lowest BCUT2D eigenvalue weighted by Gasteiger charge is -2.23. The van der Waals surface area contributed by atoms with Crippen molar-refractivity contribution in [2.75, 3.05) is 6.61 Å². The molecule has 4 heteroatoms. The van der Waals surface area contributed by atoms with Gasteiger partial charge in [-0.2, -0.15) is 0 Å². The summed E-state index contributed by atoms with van der Waals surface area (Å²) in [5.41, 5.74) is 0.971. The third-order valence-electron chi connectivity index (χ3n) is 3.65. The predicted octanol–water partition coefficient (Wildman–Crippen LogP) is 3.58. The highest BCUT2D eigenvalue weighted by Crippen LogP contribution is 2.35. The average Bonchev–Trinajstić information content (AvgIpc) is 2.73. The Labute approximate surface area is 121 Å². The second-order valence-corrected chi connectivity index (χ2v) is 6.48. The van der Waals surface area contributed by atoms with Crippen LogP contribution in [0.3, 0.4) is 0 Å². The molecule has 1 aromatic carbocycles. The number of hydrogen-bond donors (Lipinski definition) is 0. The quantitative estimate of drug-likeness (QED) is 0.623. The van der Waals surface area contributed by atoms with Gasteiger partial charge in [0.2, 0.25) is 0 Å². The maximum Gasteiger partial charge on any atom is 0.309 e. The lowest BCUT2D eigenvalue weighted by Crippen LogP contribution is -2.29. The van der Waals surface area contributed by atoms with Crippen molar-refractivity contribution in [1.82, 2.24) is 0 Å². The van der Waals surface area contributed by atoms with Crippen LogP contribution in [0, 0.1) is 23.6 Å². The molecule has 0 spiro atoms. The van der Waals surface area contributed by atoms with Crippen LogP contribution in [0.15, 0.2) is 24.3 Å². The Morgan fingerprint density at radius 3 is 2.58 bits per heavy atom. The molecule has 0 unspecified atom stereocenters. The molecule has 19 heavy (non-hydrogen) atoms. The van der Waals surface area contributed by atoms with E-state index in [0.29, 0.717) is 18.9 Å². The largest absolute Gasteiger partial charge is 0.465 e. The SMILES string of the molecule is CC(C)[C@@H](Br)[C@@H]1COC(=O)[C@@H]1Cc1ccc(F)cc1. The second-order valence-electron chi connectivity index (χ2n) is 5.42. The van der Waals surface area contributed by atoms with Crippen LogP contribution in [0.5, 0.6) is 0 Å². The van der Waals surface area contributed by atoms with Gasteiger partial charge in [-0.1, -0.05) is 41.9 Å². The summed E-state index contributed by atoms with van der Waals surface area (Å²) in [4.78, 5) is 12.1. The zero-order valence-corrected chi connectivity index (χ0v) is 12.7. The van der Waals surface area contributed by atoms with Gasteiger partial charge in [0.15, 0.2) is 0 Å². The normalized spacial score (nSPS) is 24.6. The van der Waals surface area contributed by atoms with Crippen molar-refractivity contribution >= 4 is 21.9 Å². The fourth-order valence-corrected chi connectivity index (χ4v) is 3.01. The van der Waals surface area contributed by atoms with Gasteiger partial charge in [0, 0.05) is 10.7 Å². The van der Waals surface area contributed by atoms with E-state index >= 15 is 0 Å². The molecule has 104 valence electrons. The number of alkyl halides is 1. The van der Waals surface area contributed by atoms with Crippen molar-refractivity contribution in [1.29, 1.82) is 0 Å². The molecule has 0 aliphatic carbocycles. The Morgan fingerprint density at radius 2 is 2.00 bits per heavy atom. The van der Waals surface area contributed by atoms with Gasteiger partial charge in [-0.25, -0.2) is 4.39 Å². The lowest BCUT2D eigenvalue weighted by molar-refractivity contribution is -0.141. The minimum Gasteiger partial charge on any atom is -0.465 e. The number of hydrogen-bond acceptors (Lipinski definition) is 2. The van der Waals surface area contributed by atoms with Crippen molar-refractivity contribution in [2.24, 2.45) is 17.8 Å².